The van der Waals surface area contributed by atoms with Crippen molar-refractivity contribution in [3.8, 4) is 0 Å². The number of H-pyrrole nitrogens is 1. The third-order valence-corrected chi connectivity index (χ3v) is 8.74. The van der Waals surface area contributed by atoms with E-state index in [2.05, 4.69) is 37.4 Å². The van der Waals surface area contributed by atoms with E-state index in [1.807, 2.05) is 9.80 Å². The number of carbonyl (C=O) groups excluding carboxylic acids is 3. The summed E-state index contributed by atoms with van der Waals surface area (Å²) in [4.78, 5) is 68.5. The molecule has 0 spiro atoms. The van der Waals surface area contributed by atoms with Crippen molar-refractivity contribution in [2.24, 2.45) is 0 Å². The van der Waals surface area contributed by atoms with Crippen molar-refractivity contribution in [1.82, 2.24) is 30.1 Å². The largest absolute Gasteiger partial charge is 0.469 e. The number of aromatic amines is 1. The Labute approximate surface area is 260 Å². The fraction of sp³-hybridized carbons (Fsp3) is 0.586. The highest BCUT2D eigenvalue weighted by Gasteiger charge is 2.36. The van der Waals surface area contributed by atoms with Gasteiger partial charge >= 0.3 is 5.97 Å². The molecule has 1 unspecified atom stereocenters. The van der Waals surface area contributed by atoms with Crippen LogP contribution in [0.15, 0.2) is 16.9 Å². The first-order valence-corrected chi connectivity index (χ1v) is 15.5. The molecule has 15 heteroatoms. The average molecular weight is 630 g/mol. The molecule has 2 saturated heterocycles. The molecule has 44 heavy (non-hydrogen) atoms. The Balaban J connectivity index is 1.25. The maximum atomic E-state index is 13.3. The lowest BCUT2D eigenvalue weighted by atomic mass is 9.97. The summed E-state index contributed by atoms with van der Waals surface area (Å²) in [5, 5.41) is 6.19. The van der Waals surface area contributed by atoms with E-state index < -0.39 is 17.4 Å². The molecule has 3 aliphatic rings. The molecule has 0 bridgehead atoms. The summed E-state index contributed by atoms with van der Waals surface area (Å²) < 4.78 is 4.71. The Kier molecular flexibility index (Phi) is 9.89. The Morgan fingerprint density at radius 2 is 1.86 bits per heavy atom. The highest BCUT2D eigenvalue weighted by atomic mass is 35.5. The molecule has 1 saturated carbocycles. The molecular formula is C29H40ClN9O5. The number of pyridine rings is 1. The molecule has 4 heterocycles. The van der Waals surface area contributed by atoms with E-state index in [0.29, 0.717) is 37.8 Å². The van der Waals surface area contributed by atoms with Gasteiger partial charge in [0.1, 0.15) is 16.7 Å². The molecule has 2 amide bonds. The fourth-order valence-electron chi connectivity index (χ4n) is 5.93. The van der Waals surface area contributed by atoms with Gasteiger partial charge in [0, 0.05) is 57.4 Å². The lowest BCUT2D eigenvalue weighted by Crippen LogP contribution is -2.59. The van der Waals surface area contributed by atoms with Crippen LogP contribution in [0.3, 0.4) is 0 Å². The number of esters is 1. The summed E-state index contributed by atoms with van der Waals surface area (Å²) in [5.74, 6) is -0.340. The van der Waals surface area contributed by atoms with Gasteiger partial charge in [0.15, 0.2) is 11.6 Å². The summed E-state index contributed by atoms with van der Waals surface area (Å²) in [6, 6.07) is 3.75. The fourth-order valence-corrected chi connectivity index (χ4v) is 6.08. The van der Waals surface area contributed by atoms with E-state index in [1.165, 1.54) is 7.11 Å². The Hall–Kier alpha value is -3.91. The van der Waals surface area contributed by atoms with E-state index in [4.69, 9.17) is 22.1 Å². The Morgan fingerprint density at radius 3 is 2.52 bits per heavy atom. The number of nitrogens with one attached hydrogen (secondary N) is 3. The second kappa shape index (κ2) is 13.8. The minimum atomic E-state index is -0.435. The summed E-state index contributed by atoms with van der Waals surface area (Å²) in [5.41, 5.74) is 5.93. The molecule has 3 fully saturated rings. The highest BCUT2D eigenvalue weighted by molar-refractivity contribution is 6.29. The van der Waals surface area contributed by atoms with E-state index in [1.54, 1.807) is 12.1 Å². The first kappa shape index (κ1) is 31.5. The van der Waals surface area contributed by atoms with Gasteiger partial charge < -0.3 is 35.9 Å². The maximum absolute atomic E-state index is 13.3. The number of piperidine rings is 1. The van der Waals surface area contributed by atoms with Crippen LogP contribution in [-0.4, -0.2) is 107 Å². The number of carbonyl (C=O) groups is 3. The predicted molar refractivity (Wildman–Crippen MR) is 166 cm³/mol. The van der Waals surface area contributed by atoms with Crippen LogP contribution in [0.25, 0.3) is 0 Å². The number of aromatic nitrogens is 3. The minimum absolute atomic E-state index is 0.0543. The molecule has 238 valence electrons. The standard InChI is InChI=1S/C29H40ClN9O5/c1-3-18-16-38(14-15-39(18)19-9-12-37(13-10-19)29(43)20-6-7-21(30)34-24(20)31)26-28(42)35-23(27(41)33-17-4-5-17)25(36-26)32-11-8-22(40)44-2/h6-7,17-19H,3-5,8-16H2,1-2H3,(H2,31,34)(H,32,36)(H,33,41)(H,35,42). The molecule has 1 atom stereocenters. The van der Waals surface area contributed by atoms with Crippen LogP contribution < -0.4 is 26.8 Å². The van der Waals surface area contributed by atoms with Crippen LogP contribution in [0, 0.1) is 0 Å². The molecule has 2 aromatic rings. The first-order chi connectivity index (χ1) is 21.2. The van der Waals surface area contributed by atoms with E-state index in [-0.39, 0.29) is 59.3 Å². The summed E-state index contributed by atoms with van der Waals surface area (Å²) >= 11 is 5.90. The molecule has 5 rings (SSSR count). The normalized spacial score (nSPS) is 19.5. The van der Waals surface area contributed by atoms with Gasteiger partial charge in [0.05, 0.1) is 19.1 Å². The smallest absolute Gasteiger partial charge is 0.307 e. The molecule has 1 aliphatic carbocycles. The van der Waals surface area contributed by atoms with Gasteiger partial charge in [0.25, 0.3) is 17.4 Å². The molecule has 2 aromatic heterocycles. The molecule has 0 aromatic carbocycles. The number of piperazine rings is 1. The third kappa shape index (κ3) is 7.24. The number of methoxy groups -OCH3 is 1. The van der Waals surface area contributed by atoms with Gasteiger partial charge in [-0.3, -0.25) is 24.1 Å². The van der Waals surface area contributed by atoms with Gasteiger partial charge in [-0.15, -0.1) is 0 Å². The van der Waals surface area contributed by atoms with Gasteiger partial charge in [-0.25, -0.2) is 9.97 Å². The van der Waals surface area contributed by atoms with E-state index >= 15 is 0 Å². The van der Waals surface area contributed by atoms with Gasteiger partial charge in [-0.1, -0.05) is 18.5 Å². The van der Waals surface area contributed by atoms with Crippen LogP contribution in [-0.2, 0) is 9.53 Å². The number of ether oxygens (including phenoxy) is 1. The van der Waals surface area contributed by atoms with Crippen LogP contribution in [0.5, 0.6) is 0 Å². The maximum Gasteiger partial charge on any atom is 0.307 e. The minimum Gasteiger partial charge on any atom is -0.469 e. The van der Waals surface area contributed by atoms with Gasteiger partial charge in [0.2, 0.25) is 0 Å². The number of amides is 2. The van der Waals surface area contributed by atoms with Crippen molar-refractivity contribution in [2.75, 3.05) is 62.3 Å². The van der Waals surface area contributed by atoms with Crippen molar-refractivity contribution in [1.29, 1.82) is 0 Å². The summed E-state index contributed by atoms with van der Waals surface area (Å²) in [7, 11) is 1.31. The van der Waals surface area contributed by atoms with E-state index in [9.17, 15) is 19.2 Å². The molecule has 5 N–H and O–H groups in total. The van der Waals surface area contributed by atoms with Gasteiger partial charge in [-0.2, -0.15) is 0 Å². The number of anilines is 3. The SMILES string of the molecule is CCC1CN(c2nc(NCCC(=O)OC)c(C(=O)NC3CC3)[nH]c2=O)CCN1C1CCN(C(=O)c2ccc(Cl)nc2N)CC1. The molecule has 0 radical (unpaired) electrons. The monoisotopic (exact) mass is 629 g/mol. The lowest BCUT2D eigenvalue weighted by molar-refractivity contribution is -0.140. The quantitative estimate of drug-likeness (QED) is 0.221. The Morgan fingerprint density at radius 1 is 1.11 bits per heavy atom. The summed E-state index contributed by atoms with van der Waals surface area (Å²) in [6.07, 6.45) is 4.40. The zero-order valence-corrected chi connectivity index (χ0v) is 25.9. The highest BCUT2D eigenvalue weighted by Crippen LogP contribution is 2.27. The molecular weight excluding hydrogens is 590 g/mol. The number of hydrogen-bond donors (Lipinski definition) is 4. The number of halogens is 1. The van der Waals surface area contributed by atoms with Crippen LogP contribution >= 0.6 is 11.6 Å². The number of hydrogen-bond acceptors (Lipinski definition) is 11. The lowest BCUT2D eigenvalue weighted by Gasteiger charge is -2.47. The molecule has 2 aliphatic heterocycles. The zero-order valence-electron chi connectivity index (χ0n) is 25.1. The third-order valence-electron chi connectivity index (χ3n) is 8.53. The average Bonchev–Trinajstić information content (AvgIpc) is 3.85. The molecule has 14 nitrogen and oxygen atoms in total. The van der Waals surface area contributed by atoms with Crippen molar-refractivity contribution < 1.29 is 19.1 Å². The van der Waals surface area contributed by atoms with Crippen molar-refractivity contribution >= 4 is 46.8 Å². The first-order valence-electron chi connectivity index (χ1n) is 15.2. The van der Waals surface area contributed by atoms with Crippen LogP contribution in [0.1, 0.15) is 66.3 Å². The number of nitrogen functional groups attached to an aromatic ring is 1. The van der Waals surface area contributed by atoms with Gasteiger partial charge in [-0.05, 0) is 44.2 Å². The second-order valence-electron chi connectivity index (χ2n) is 11.4. The van der Waals surface area contributed by atoms with Crippen molar-refractivity contribution in [3.05, 3.63) is 38.9 Å². The summed E-state index contributed by atoms with van der Waals surface area (Å²) in [6.45, 7) is 5.42. The van der Waals surface area contributed by atoms with Crippen LogP contribution in [0.4, 0.5) is 17.5 Å². The second-order valence-corrected chi connectivity index (χ2v) is 11.8. The van der Waals surface area contributed by atoms with Crippen LogP contribution in [0.2, 0.25) is 5.15 Å². The number of nitrogens with two attached hydrogens (primary N) is 1. The topological polar surface area (TPSA) is 179 Å². The number of likely N-dealkylation sites (tertiary alicyclic amines) is 1. The Bertz CT molecular complexity index is 1440. The predicted octanol–water partition coefficient (Wildman–Crippen LogP) is 1.47. The number of rotatable bonds is 10. The zero-order chi connectivity index (χ0) is 31.4. The van der Waals surface area contributed by atoms with Crippen molar-refractivity contribution in [2.45, 2.75) is 63.6 Å². The van der Waals surface area contributed by atoms with E-state index in [0.717, 1.165) is 38.6 Å². The van der Waals surface area contributed by atoms with Crippen molar-refractivity contribution in [3.63, 3.8) is 0 Å². The number of nitrogens with zero attached hydrogens (tertiary/aromatic N) is 5.